The van der Waals surface area contributed by atoms with E-state index in [-0.39, 0.29) is 5.91 Å². The zero-order valence-electron chi connectivity index (χ0n) is 14.6. The Morgan fingerprint density at radius 1 is 0.960 bits per heavy atom. The van der Waals surface area contributed by atoms with Gasteiger partial charge in [0.2, 0.25) is 11.7 Å². The van der Waals surface area contributed by atoms with E-state index < -0.39 is 6.04 Å². The second-order valence-corrected chi connectivity index (χ2v) is 6.19. The van der Waals surface area contributed by atoms with Crippen LogP contribution in [0.1, 0.15) is 6.92 Å². The highest BCUT2D eigenvalue weighted by Gasteiger charge is 2.17. The van der Waals surface area contributed by atoms with Crippen molar-refractivity contribution in [2.45, 2.75) is 13.0 Å². The first kappa shape index (κ1) is 18.9. The van der Waals surface area contributed by atoms with E-state index in [2.05, 4.69) is 26.6 Å². The van der Waals surface area contributed by atoms with Gasteiger partial charge < -0.3 is 24.8 Å². The van der Waals surface area contributed by atoms with Gasteiger partial charge in [0.25, 0.3) is 0 Å². The summed E-state index contributed by atoms with van der Waals surface area (Å²) in [6.45, 7) is 1.78. The molecule has 0 saturated heterocycles. The molecule has 134 valence electrons. The van der Waals surface area contributed by atoms with Crippen molar-refractivity contribution in [1.29, 1.82) is 0 Å². The number of hydrogen-bond donors (Lipinski definition) is 2. The van der Waals surface area contributed by atoms with Crippen LogP contribution in [-0.4, -0.2) is 33.3 Å². The van der Waals surface area contributed by atoms with Crippen LogP contribution in [0.5, 0.6) is 17.2 Å². The summed E-state index contributed by atoms with van der Waals surface area (Å²) in [6.07, 6.45) is 0. The molecule has 0 aliphatic heterocycles. The van der Waals surface area contributed by atoms with Crippen molar-refractivity contribution in [3.8, 4) is 17.2 Å². The molecule has 0 radical (unpaired) electrons. The van der Waals surface area contributed by atoms with Crippen LogP contribution in [0.25, 0.3) is 0 Å². The SMILES string of the molecule is COc1cc(N[C@@H](C)C(=O)Nc2ccc(Br)cc2)cc(OC)c1OC. The number of nitrogens with one attached hydrogen (secondary N) is 2. The van der Waals surface area contributed by atoms with Gasteiger partial charge in [-0.25, -0.2) is 0 Å². The van der Waals surface area contributed by atoms with E-state index in [9.17, 15) is 4.79 Å². The Bertz CT molecular complexity index is 709. The maximum Gasteiger partial charge on any atom is 0.246 e. The summed E-state index contributed by atoms with van der Waals surface area (Å²) in [5.41, 5.74) is 1.42. The minimum absolute atomic E-state index is 0.156. The number of rotatable bonds is 7. The lowest BCUT2D eigenvalue weighted by atomic mass is 10.2. The van der Waals surface area contributed by atoms with E-state index in [4.69, 9.17) is 14.2 Å². The molecule has 0 heterocycles. The molecule has 2 rings (SSSR count). The highest BCUT2D eigenvalue weighted by atomic mass is 79.9. The van der Waals surface area contributed by atoms with E-state index in [0.717, 1.165) is 10.2 Å². The lowest BCUT2D eigenvalue weighted by molar-refractivity contribution is -0.116. The second-order valence-electron chi connectivity index (χ2n) is 5.28. The summed E-state index contributed by atoms with van der Waals surface area (Å²) in [7, 11) is 4.64. The third-order valence-corrected chi connectivity index (χ3v) is 4.08. The van der Waals surface area contributed by atoms with Gasteiger partial charge in [0.1, 0.15) is 6.04 Å². The zero-order valence-corrected chi connectivity index (χ0v) is 16.1. The van der Waals surface area contributed by atoms with E-state index >= 15 is 0 Å². The van der Waals surface area contributed by atoms with E-state index in [1.807, 2.05) is 24.3 Å². The van der Waals surface area contributed by atoms with Gasteiger partial charge in [-0.05, 0) is 31.2 Å². The summed E-state index contributed by atoms with van der Waals surface area (Å²) in [5.74, 6) is 1.38. The van der Waals surface area contributed by atoms with Crippen LogP contribution in [0.2, 0.25) is 0 Å². The molecular weight excluding hydrogens is 388 g/mol. The predicted molar refractivity (Wildman–Crippen MR) is 102 cm³/mol. The van der Waals surface area contributed by atoms with Crippen LogP contribution in [-0.2, 0) is 4.79 Å². The number of carbonyl (C=O) groups excluding carboxylic acids is 1. The van der Waals surface area contributed by atoms with Crippen LogP contribution in [0.4, 0.5) is 11.4 Å². The van der Waals surface area contributed by atoms with Gasteiger partial charge in [-0.15, -0.1) is 0 Å². The molecule has 0 unspecified atom stereocenters. The van der Waals surface area contributed by atoms with Crippen molar-refractivity contribution in [3.63, 3.8) is 0 Å². The highest BCUT2D eigenvalue weighted by molar-refractivity contribution is 9.10. The summed E-state index contributed by atoms with van der Waals surface area (Å²) in [4.78, 5) is 12.4. The third-order valence-electron chi connectivity index (χ3n) is 3.55. The smallest absolute Gasteiger partial charge is 0.246 e. The van der Waals surface area contributed by atoms with Crippen molar-refractivity contribution < 1.29 is 19.0 Å². The second kappa shape index (κ2) is 8.62. The number of benzene rings is 2. The van der Waals surface area contributed by atoms with Gasteiger partial charge in [0.05, 0.1) is 21.3 Å². The van der Waals surface area contributed by atoms with Crippen molar-refractivity contribution >= 4 is 33.2 Å². The van der Waals surface area contributed by atoms with E-state index in [1.165, 1.54) is 0 Å². The van der Waals surface area contributed by atoms with Crippen molar-refractivity contribution in [3.05, 3.63) is 40.9 Å². The molecule has 2 aromatic carbocycles. The minimum atomic E-state index is -0.466. The fourth-order valence-electron chi connectivity index (χ4n) is 2.26. The molecule has 0 spiro atoms. The molecule has 2 N–H and O–H groups in total. The standard InChI is InChI=1S/C18H21BrN2O4/c1-11(18(22)21-13-7-5-12(19)6-8-13)20-14-9-15(23-2)17(25-4)16(10-14)24-3/h5-11,20H,1-4H3,(H,21,22)/t11-/m0/s1. The Balaban J connectivity index is 2.12. The van der Waals surface area contributed by atoms with Gasteiger partial charge in [0, 0.05) is 28.0 Å². The molecule has 1 amide bonds. The number of carbonyl (C=O) groups is 1. The normalized spacial score (nSPS) is 11.4. The Hall–Kier alpha value is -2.41. The third kappa shape index (κ3) is 4.79. The van der Waals surface area contributed by atoms with Crippen molar-refractivity contribution in [2.24, 2.45) is 0 Å². The zero-order chi connectivity index (χ0) is 18.4. The minimum Gasteiger partial charge on any atom is -0.493 e. The van der Waals surface area contributed by atoms with Crippen LogP contribution in [0.3, 0.4) is 0 Å². The van der Waals surface area contributed by atoms with Crippen LogP contribution in [0.15, 0.2) is 40.9 Å². The molecule has 7 heteroatoms. The monoisotopic (exact) mass is 408 g/mol. The fraction of sp³-hybridized carbons (Fsp3) is 0.278. The first-order valence-corrected chi connectivity index (χ1v) is 8.40. The maximum atomic E-state index is 12.4. The van der Waals surface area contributed by atoms with E-state index in [1.54, 1.807) is 40.4 Å². The Morgan fingerprint density at radius 2 is 1.52 bits per heavy atom. The number of ether oxygens (including phenoxy) is 3. The van der Waals surface area contributed by atoms with Gasteiger partial charge in [-0.2, -0.15) is 0 Å². The van der Waals surface area contributed by atoms with Crippen LogP contribution in [0, 0.1) is 0 Å². The van der Waals surface area contributed by atoms with Crippen LogP contribution >= 0.6 is 15.9 Å². The highest BCUT2D eigenvalue weighted by Crippen LogP contribution is 2.40. The Labute approximate surface area is 155 Å². The Kier molecular flexibility index (Phi) is 6.52. The molecule has 0 saturated carbocycles. The van der Waals surface area contributed by atoms with Crippen LogP contribution < -0.4 is 24.8 Å². The summed E-state index contributed by atoms with van der Waals surface area (Å²) >= 11 is 3.36. The molecular formula is C18H21BrN2O4. The van der Waals surface area contributed by atoms with Crippen molar-refractivity contribution in [1.82, 2.24) is 0 Å². The average Bonchev–Trinajstić information content (AvgIpc) is 2.62. The number of anilines is 2. The maximum absolute atomic E-state index is 12.4. The molecule has 0 aliphatic rings. The predicted octanol–water partition coefficient (Wildman–Crippen LogP) is 3.91. The molecule has 1 atom stereocenters. The van der Waals surface area contributed by atoms with Crippen molar-refractivity contribution in [2.75, 3.05) is 32.0 Å². The number of methoxy groups -OCH3 is 3. The molecule has 25 heavy (non-hydrogen) atoms. The average molecular weight is 409 g/mol. The molecule has 0 fully saturated rings. The molecule has 0 aromatic heterocycles. The molecule has 0 bridgehead atoms. The molecule has 2 aromatic rings. The van der Waals surface area contributed by atoms with Gasteiger partial charge in [-0.3, -0.25) is 4.79 Å². The number of halogens is 1. The summed E-state index contributed by atoms with van der Waals surface area (Å²) in [5, 5.41) is 6.00. The Morgan fingerprint density at radius 3 is 2.00 bits per heavy atom. The lowest BCUT2D eigenvalue weighted by Crippen LogP contribution is -2.31. The van der Waals surface area contributed by atoms with Gasteiger partial charge in [-0.1, -0.05) is 15.9 Å². The number of hydrogen-bond acceptors (Lipinski definition) is 5. The van der Waals surface area contributed by atoms with Gasteiger partial charge in [0.15, 0.2) is 11.5 Å². The first-order chi connectivity index (χ1) is 12.0. The fourth-order valence-corrected chi connectivity index (χ4v) is 2.53. The van der Waals surface area contributed by atoms with Gasteiger partial charge >= 0.3 is 0 Å². The summed E-state index contributed by atoms with van der Waals surface area (Å²) in [6, 6.07) is 10.4. The first-order valence-electron chi connectivity index (χ1n) is 7.61. The molecule has 6 nitrogen and oxygen atoms in total. The lowest BCUT2D eigenvalue weighted by Gasteiger charge is -2.18. The van der Waals surface area contributed by atoms with E-state index in [0.29, 0.717) is 22.9 Å². The quantitative estimate of drug-likeness (QED) is 0.726. The number of amides is 1. The topological polar surface area (TPSA) is 68.8 Å². The molecule has 0 aliphatic carbocycles. The summed E-state index contributed by atoms with van der Waals surface area (Å²) < 4.78 is 16.9. The largest absolute Gasteiger partial charge is 0.493 e.